The summed E-state index contributed by atoms with van der Waals surface area (Å²) in [5.41, 5.74) is 2.36. The molecule has 4 heterocycles. The van der Waals surface area contributed by atoms with Crippen molar-refractivity contribution in [3.05, 3.63) is 48.9 Å². The number of hydrogen-bond acceptors (Lipinski definition) is 6. The molecule has 6 nitrogen and oxygen atoms in total. The molecule has 1 unspecified atom stereocenters. The van der Waals surface area contributed by atoms with Crippen molar-refractivity contribution in [2.45, 2.75) is 32.4 Å². The fourth-order valence-corrected chi connectivity index (χ4v) is 4.13. The van der Waals surface area contributed by atoms with Gasteiger partial charge in [-0.2, -0.15) is 0 Å². The molecule has 0 bridgehead atoms. The van der Waals surface area contributed by atoms with Gasteiger partial charge in [-0.05, 0) is 39.0 Å². The molecule has 1 aliphatic heterocycles. The largest absolute Gasteiger partial charge is 0.436 e. The quantitative estimate of drug-likeness (QED) is 0.512. The van der Waals surface area contributed by atoms with Gasteiger partial charge in [0.1, 0.15) is 14.0 Å². The van der Waals surface area contributed by atoms with E-state index in [9.17, 15) is 0 Å². The third kappa shape index (κ3) is 2.24. The van der Waals surface area contributed by atoms with Gasteiger partial charge in [-0.15, -0.1) is 0 Å². The Hall–Kier alpha value is -3.09. The van der Waals surface area contributed by atoms with Gasteiger partial charge < -0.3 is 9.32 Å². The lowest BCUT2D eigenvalue weighted by molar-refractivity contribution is 0.555. The summed E-state index contributed by atoms with van der Waals surface area (Å²) >= 11 is 0. The van der Waals surface area contributed by atoms with E-state index in [-0.39, 0.29) is 11.6 Å². The first kappa shape index (κ1) is 16.1. The zero-order chi connectivity index (χ0) is 18.8. The third-order valence-electron chi connectivity index (χ3n) is 5.10. The molecule has 0 radical (unpaired) electrons. The number of benzene rings is 1. The van der Waals surface area contributed by atoms with Crippen molar-refractivity contribution in [3.8, 4) is 0 Å². The second kappa shape index (κ2) is 5.46. The monoisotopic (exact) mass is 357 g/mol. The minimum atomic E-state index is -0.0950. The molecule has 1 aromatic carbocycles. The van der Waals surface area contributed by atoms with Crippen molar-refractivity contribution in [1.29, 1.82) is 0 Å². The lowest BCUT2D eigenvalue weighted by atomic mass is 9.80. The molecule has 0 saturated carbocycles. The number of rotatable bonds is 2. The Balaban J connectivity index is 1.78. The summed E-state index contributed by atoms with van der Waals surface area (Å²) in [6.45, 7) is 6.56. The molecule has 0 aliphatic carbocycles. The highest BCUT2D eigenvalue weighted by molar-refractivity contribution is 6.17. The van der Waals surface area contributed by atoms with Crippen LogP contribution in [0.5, 0.6) is 0 Å². The average Bonchev–Trinajstić information content (AvgIpc) is 3.16. The highest BCUT2D eigenvalue weighted by atomic mass is 16.3. The Kier molecular flexibility index (Phi) is 3.26. The molecule has 4 aromatic rings. The van der Waals surface area contributed by atoms with E-state index in [0.29, 0.717) is 5.71 Å². The van der Waals surface area contributed by atoms with Crippen LogP contribution in [0.25, 0.3) is 22.1 Å². The van der Waals surface area contributed by atoms with E-state index >= 15 is 0 Å². The number of anilines is 3. The normalized spacial score (nSPS) is 17.1. The number of para-hydroxylation sites is 1. The van der Waals surface area contributed by atoms with Crippen LogP contribution in [-0.2, 0) is 0 Å². The van der Waals surface area contributed by atoms with Crippen LogP contribution in [0.1, 0.15) is 20.8 Å². The number of nitrogens with zero attached hydrogens (tertiary/aromatic N) is 5. The van der Waals surface area contributed by atoms with E-state index in [4.69, 9.17) is 4.42 Å². The van der Waals surface area contributed by atoms with Gasteiger partial charge in [-0.3, -0.25) is 4.90 Å². The minimum absolute atomic E-state index is 0.0502. The summed E-state index contributed by atoms with van der Waals surface area (Å²) < 4.78 is 6.16. The molecule has 0 saturated heterocycles. The fraction of sp³-hybridized carbons (Fsp3) is 0.250. The molecule has 0 spiro atoms. The predicted molar refractivity (Wildman–Crippen MR) is 110 cm³/mol. The Morgan fingerprint density at radius 3 is 2.48 bits per heavy atom. The molecule has 1 aliphatic rings. The highest BCUT2D eigenvalue weighted by Gasteiger charge is 2.42. The summed E-state index contributed by atoms with van der Waals surface area (Å²) in [6.07, 6.45) is 5.30. The van der Waals surface area contributed by atoms with E-state index in [1.165, 1.54) is 0 Å². The lowest BCUT2D eigenvalue weighted by Gasteiger charge is -2.38. The topological polar surface area (TPSA) is 58.3 Å². The summed E-state index contributed by atoms with van der Waals surface area (Å²) in [5, 5.41) is 2.08. The van der Waals surface area contributed by atoms with E-state index in [1.807, 2.05) is 12.1 Å². The van der Waals surface area contributed by atoms with Gasteiger partial charge in [0.2, 0.25) is 5.71 Å². The first-order valence-electron chi connectivity index (χ1n) is 9.12. The average molecular weight is 357 g/mol. The summed E-state index contributed by atoms with van der Waals surface area (Å²) in [7, 11) is 2.19. The molecular weight excluding hydrogens is 337 g/mol. The predicted octanol–water partition coefficient (Wildman–Crippen LogP) is 3.44. The third-order valence-corrected chi connectivity index (χ3v) is 5.10. The van der Waals surface area contributed by atoms with Crippen molar-refractivity contribution < 1.29 is 4.42 Å². The van der Waals surface area contributed by atoms with Crippen LogP contribution >= 0.6 is 0 Å². The highest BCUT2D eigenvalue weighted by Crippen LogP contribution is 2.46. The molecule has 3 aromatic heterocycles. The van der Waals surface area contributed by atoms with Crippen LogP contribution < -0.4 is 9.80 Å². The molecular formula is C20H20BN5O. The second-order valence-corrected chi connectivity index (χ2v) is 7.86. The van der Waals surface area contributed by atoms with Crippen LogP contribution in [0.4, 0.5) is 17.3 Å². The van der Waals surface area contributed by atoms with Gasteiger partial charge in [0.05, 0.1) is 5.69 Å². The SMILES string of the molecule is BC(C)(C)N1c2nccnc2N(c2cccc3c2oc2ncccc23)C1C. The standard InChI is InChI=1S/C20H20BN5O/c1-12-25(17-18(23-11-10-22-17)26(12)20(2,3)21)15-8-4-6-13-14-7-5-9-24-19(14)27-16(13)15/h4-12H,21H2,1-3H3. The Bertz CT molecular complexity index is 1170. The van der Waals surface area contributed by atoms with Gasteiger partial charge in [0, 0.05) is 34.8 Å². The molecule has 134 valence electrons. The van der Waals surface area contributed by atoms with Gasteiger partial charge in [0.15, 0.2) is 17.2 Å². The van der Waals surface area contributed by atoms with E-state index < -0.39 is 0 Å². The Morgan fingerprint density at radius 2 is 1.70 bits per heavy atom. The van der Waals surface area contributed by atoms with E-state index in [0.717, 1.165) is 33.7 Å². The zero-order valence-electron chi connectivity index (χ0n) is 15.8. The molecule has 0 N–H and O–H groups in total. The molecule has 0 amide bonds. The molecule has 1 atom stereocenters. The summed E-state index contributed by atoms with van der Waals surface area (Å²) in [4.78, 5) is 18.2. The summed E-state index contributed by atoms with van der Waals surface area (Å²) in [5.74, 6) is 1.74. The maximum Gasteiger partial charge on any atom is 0.227 e. The first-order chi connectivity index (χ1) is 13.0. The molecule has 7 heteroatoms. The number of fused-ring (bicyclic) bond motifs is 4. The molecule has 0 fully saturated rings. The van der Waals surface area contributed by atoms with Crippen LogP contribution in [0, 0.1) is 0 Å². The van der Waals surface area contributed by atoms with Crippen LogP contribution in [0.3, 0.4) is 0 Å². The maximum absolute atomic E-state index is 6.16. The van der Waals surface area contributed by atoms with Gasteiger partial charge >= 0.3 is 0 Å². The first-order valence-corrected chi connectivity index (χ1v) is 9.12. The number of aromatic nitrogens is 3. The van der Waals surface area contributed by atoms with Crippen molar-refractivity contribution in [2.75, 3.05) is 9.80 Å². The minimum Gasteiger partial charge on any atom is -0.436 e. The van der Waals surface area contributed by atoms with E-state index in [2.05, 4.69) is 71.6 Å². The fourth-order valence-electron chi connectivity index (χ4n) is 4.13. The Labute approximate surface area is 158 Å². The number of hydrogen-bond donors (Lipinski definition) is 0. The van der Waals surface area contributed by atoms with Crippen molar-refractivity contribution >= 4 is 47.2 Å². The number of pyridine rings is 1. The van der Waals surface area contributed by atoms with Crippen molar-refractivity contribution in [2.24, 2.45) is 0 Å². The Morgan fingerprint density at radius 1 is 0.963 bits per heavy atom. The van der Waals surface area contributed by atoms with Gasteiger partial charge in [-0.25, -0.2) is 15.0 Å². The maximum atomic E-state index is 6.16. The molecule has 5 rings (SSSR count). The van der Waals surface area contributed by atoms with Crippen molar-refractivity contribution in [1.82, 2.24) is 15.0 Å². The van der Waals surface area contributed by atoms with E-state index in [1.54, 1.807) is 18.6 Å². The van der Waals surface area contributed by atoms with Crippen LogP contribution in [-0.4, -0.2) is 34.4 Å². The smallest absolute Gasteiger partial charge is 0.227 e. The zero-order valence-corrected chi connectivity index (χ0v) is 15.8. The lowest BCUT2D eigenvalue weighted by Crippen LogP contribution is -2.51. The number of furan rings is 1. The van der Waals surface area contributed by atoms with Crippen LogP contribution in [0.2, 0.25) is 0 Å². The second-order valence-electron chi connectivity index (χ2n) is 7.86. The van der Waals surface area contributed by atoms with Crippen molar-refractivity contribution in [3.63, 3.8) is 0 Å². The summed E-state index contributed by atoms with van der Waals surface area (Å²) in [6, 6.07) is 10.2. The van der Waals surface area contributed by atoms with Gasteiger partial charge in [0.25, 0.3) is 0 Å². The molecule has 27 heavy (non-hydrogen) atoms. The van der Waals surface area contributed by atoms with Crippen LogP contribution in [0.15, 0.2) is 53.3 Å². The van der Waals surface area contributed by atoms with Gasteiger partial charge in [-0.1, -0.05) is 12.1 Å².